The summed E-state index contributed by atoms with van der Waals surface area (Å²) in [6.45, 7) is 4.47. The molecule has 0 amide bonds. The van der Waals surface area contributed by atoms with Gasteiger partial charge in [0.25, 0.3) is 0 Å². The minimum absolute atomic E-state index is 0.166. The lowest BCUT2D eigenvalue weighted by Crippen LogP contribution is -2.35. The SMILES string of the molecule is CCCCC(CC)C(Cc1cc(F)cc(Br)c1)NC. The van der Waals surface area contributed by atoms with Crippen LogP contribution in [0.2, 0.25) is 0 Å². The lowest BCUT2D eigenvalue weighted by molar-refractivity contribution is 0.330. The molecule has 0 aliphatic rings. The van der Waals surface area contributed by atoms with Gasteiger partial charge in [-0.1, -0.05) is 49.0 Å². The molecule has 19 heavy (non-hydrogen) atoms. The minimum atomic E-state index is -0.166. The van der Waals surface area contributed by atoms with Gasteiger partial charge in [0.2, 0.25) is 0 Å². The molecule has 0 heterocycles. The van der Waals surface area contributed by atoms with Crippen molar-refractivity contribution in [3.63, 3.8) is 0 Å². The molecule has 0 aliphatic heterocycles. The van der Waals surface area contributed by atoms with Gasteiger partial charge < -0.3 is 5.32 Å². The Hall–Kier alpha value is -0.410. The molecule has 2 unspecified atom stereocenters. The second-order valence-corrected chi connectivity index (χ2v) is 6.10. The van der Waals surface area contributed by atoms with E-state index in [0.29, 0.717) is 12.0 Å². The molecule has 0 bridgehead atoms. The van der Waals surface area contributed by atoms with Crippen molar-refractivity contribution < 1.29 is 4.39 Å². The van der Waals surface area contributed by atoms with Crippen LogP contribution in [-0.2, 0) is 6.42 Å². The van der Waals surface area contributed by atoms with Crippen molar-refractivity contribution >= 4 is 15.9 Å². The first-order valence-corrected chi connectivity index (χ1v) is 8.02. The van der Waals surface area contributed by atoms with E-state index in [1.54, 1.807) is 6.07 Å². The van der Waals surface area contributed by atoms with E-state index in [1.165, 1.54) is 31.7 Å². The average molecular weight is 330 g/mol. The number of halogens is 2. The van der Waals surface area contributed by atoms with E-state index in [9.17, 15) is 4.39 Å². The van der Waals surface area contributed by atoms with Crippen molar-refractivity contribution in [2.24, 2.45) is 5.92 Å². The molecule has 1 aromatic rings. The minimum Gasteiger partial charge on any atom is -0.316 e. The van der Waals surface area contributed by atoms with Gasteiger partial charge in [-0.3, -0.25) is 0 Å². The van der Waals surface area contributed by atoms with Crippen LogP contribution in [0.15, 0.2) is 22.7 Å². The van der Waals surface area contributed by atoms with Crippen LogP contribution in [-0.4, -0.2) is 13.1 Å². The molecule has 3 heteroatoms. The summed E-state index contributed by atoms with van der Waals surface area (Å²) >= 11 is 3.36. The molecular formula is C16H25BrFN. The largest absolute Gasteiger partial charge is 0.316 e. The van der Waals surface area contributed by atoms with Gasteiger partial charge in [0, 0.05) is 10.5 Å². The Morgan fingerprint density at radius 1 is 1.26 bits per heavy atom. The molecule has 1 rings (SSSR count). The van der Waals surface area contributed by atoms with E-state index < -0.39 is 0 Å². The average Bonchev–Trinajstić information content (AvgIpc) is 2.36. The topological polar surface area (TPSA) is 12.0 Å². The summed E-state index contributed by atoms with van der Waals surface area (Å²) in [5.41, 5.74) is 1.06. The van der Waals surface area contributed by atoms with Crippen molar-refractivity contribution in [2.45, 2.75) is 52.0 Å². The van der Waals surface area contributed by atoms with Gasteiger partial charge in [0.1, 0.15) is 5.82 Å². The third-order valence-electron chi connectivity index (χ3n) is 3.77. The third kappa shape index (κ3) is 5.62. The zero-order valence-electron chi connectivity index (χ0n) is 12.2. The van der Waals surface area contributed by atoms with Crippen LogP contribution in [0.1, 0.15) is 45.1 Å². The molecule has 0 aromatic heterocycles. The van der Waals surface area contributed by atoms with Crippen LogP contribution >= 0.6 is 15.9 Å². The van der Waals surface area contributed by atoms with Gasteiger partial charge >= 0.3 is 0 Å². The monoisotopic (exact) mass is 329 g/mol. The molecule has 0 aliphatic carbocycles. The predicted octanol–water partition coefficient (Wildman–Crippen LogP) is 4.94. The van der Waals surface area contributed by atoms with Gasteiger partial charge in [-0.15, -0.1) is 0 Å². The third-order valence-corrected chi connectivity index (χ3v) is 4.23. The quantitative estimate of drug-likeness (QED) is 0.712. The second kappa shape index (κ2) is 8.70. The number of benzene rings is 1. The Labute approximate surface area is 125 Å². The van der Waals surface area contributed by atoms with Crippen molar-refractivity contribution in [2.75, 3.05) is 7.05 Å². The van der Waals surface area contributed by atoms with Crippen molar-refractivity contribution in [1.29, 1.82) is 0 Å². The highest BCUT2D eigenvalue weighted by molar-refractivity contribution is 9.10. The second-order valence-electron chi connectivity index (χ2n) is 5.19. The van der Waals surface area contributed by atoms with Crippen LogP contribution in [0.3, 0.4) is 0 Å². The van der Waals surface area contributed by atoms with Gasteiger partial charge in [-0.2, -0.15) is 0 Å². The Morgan fingerprint density at radius 3 is 2.53 bits per heavy atom. The Balaban J connectivity index is 2.73. The van der Waals surface area contributed by atoms with E-state index in [2.05, 4.69) is 35.1 Å². The molecule has 2 atom stereocenters. The van der Waals surface area contributed by atoms with Crippen LogP contribution in [0, 0.1) is 11.7 Å². The lowest BCUT2D eigenvalue weighted by Gasteiger charge is -2.26. The van der Waals surface area contributed by atoms with Crippen LogP contribution in [0.4, 0.5) is 4.39 Å². The summed E-state index contributed by atoms with van der Waals surface area (Å²) in [5, 5.41) is 3.41. The molecule has 108 valence electrons. The number of hydrogen-bond acceptors (Lipinski definition) is 1. The first kappa shape index (κ1) is 16.6. The van der Waals surface area contributed by atoms with E-state index in [1.807, 2.05) is 13.1 Å². The van der Waals surface area contributed by atoms with Gasteiger partial charge in [-0.25, -0.2) is 4.39 Å². The normalized spacial score (nSPS) is 14.4. The molecule has 1 N–H and O–H groups in total. The highest BCUT2D eigenvalue weighted by Gasteiger charge is 2.18. The fourth-order valence-electron chi connectivity index (χ4n) is 2.64. The molecule has 1 aromatic carbocycles. The Kier molecular flexibility index (Phi) is 7.62. The van der Waals surface area contributed by atoms with E-state index >= 15 is 0 Å². The fraction of sp³-hybridized carbons (Fsp3) is 0.625. The number of rotatable bonds is 8. The summed E-state index contributed by atoms with van der Waals surface area (Å²) in [6.07, 6.45) is 5.80. The summed E-state index contributed by atoms with van der Waals surface area (Å²) in [6, 6.07) is 5.58. The van der Waals surface area contributed by atoms with Crippen LogP contribution in [0.5, 0.6) is 0 Å². The summed E-state index contributed by atoms with van der Waals surface area (Å²) in [7, 11) is 2.01. The molecular weight excluding hydrogens is 305 g/mol. The fourth-order valence-corrected chi connectivity index (χ4v) is 3.16. The van der Waals surface area contributed by atoms with Gasteiger partial charge in [-0.05, 0) is 49.6 Å². The van der Waals surface area contributed by atoms with E-state index in [0.717, 1.165) is 16.5 Å². The highest BCUT2D eigenvalue weighted by Crippen LogP contribution is 2.22. The van der Waals surface area contributed by atoms with E-state index in [-0.39, 0.29) is 5.82 Å². The maximum Gasteiger partial charge on any atom is 0.124 e. The van der Waals surface area contributed by atoms with Crippen molar-refractivity contribution in [3.05, 3.63) is 34.1 Å². The number of hydrogen-bond donors (Lipinski definition) is 1. The summed E-state index contributed by atoms with van der Waals surface area (Å²) in [5.74, 6) is 0.493. The predicted molar refractivity (Wildman–Crippen MR) is 84.0 cm³/mol. The maximum absolute atomic E-state index is 13.4. The molecule has 0 saturated heterocycles. The zero-order chi connectivity index (χ0) is 14.3. The molecule has 0 radical (unpaired) electrons. The number of nitrogens with one attached hydrogen (secondary N) is 1. The number of likely N-dealkylation sites (N-methyl/N-ethyl adjacent to an activating group) is 1. The molecule has 0 saturated carbocycles. The summed E-state index contributed by atoms with van der Waals surface area (Å²) < 4.78 is 14.2. The first-order valence-electron chi connectivity index (χ1n) is 7.22. The van der Waals surface area contributed by atoms with Crippen LogP contribution in [0.25, 0.3) is 0 Å². The summed E-state index contributed by atoms with van der Waals surface area (Å²) in [4.78, 5) is 0. The van der Waals surface area contributed by atoms with E-state index in [4.69, 9.17) is 0 Å². The smallest absolute Gasteiger partial charge is 0.124 e. The molecule has 0 fully saturated rings. The maximum atomic E-state index is 13.4. The zero-order valence-corrected chi connectivity index (χ0v) is 13.8. The standard InChI is InChI=1S/C16H25BrFN/c1-4-6-7-13(5-2)16(19-3)10-12-8-14(17)11-15(18)9-12/h8-9,11,13,16,19H,4-7,10H2,1-3H3. The van der Waals surface area contributed by atoms with Crippen LogP contribution < -0.4 is 5.32 Å². The van der Waals surface area contributed by atoms with Crippen molar-refractivity contribution in [1.82, 2.24) is 5.32 Å². The number of unbranched alkanes of at least 4 members (excludes halogenated alkanes) is 1. The highest BCUT2D eigenvalue weighted by atomic mass is 79.9. The van der Waals surface area contributed by atoms with Gasteiger partial charge in [0.05, 0.1) is 0 Å². The Morgan fingerprint density at radius 2 is 2.00 bits per heavy atom. The molecule has 0 spiro atoms. The van der Waals surface area contributed by atoms with Gasteiger partial charge in [0.15, 0.2) is 0 Å². The van der Waals surface area contributed by atoms with Crippen molar-refractivity contribution in [3.8, 4) is 0 Å². The molecule has 1 nitrogen and oxygen atoms in total. The lowest BCUT2D eigenvalue weighted by atomic mass is 9.87. The Bertz CT molecular complexity index is 361. The first-order chi connectivity index (χ1) is 9.10.